The molecule has 76 heavy (non-hydrogen) atoms. The molecule has 0 aromatic rings. The summed E-state index contributed by atoms with van der Waals surface area (Å²) in [6.07, 6.45) is 3.46. The molecule has 0 aromatic heterocycles. The molecule has 18 N–H and O–H groups in total. The van der Waals surface area contributed by atoms with E-state index in [1.54, 1.807) is 13.8 Å². The number of likely N-dealkylation sites (tertiary alicyclic amines) is 4. The van der Waals surface area contributed by atoms with E-state index < -0.39 is 126 Å². The van der Waals surface area contributed by atoms with Crippen molar-refractivity contribution in [2.24, 2.45) is 50.3 Å². The maximum absolute atomic E-state index is 14.3. The van der Waals surface area contributed by atoms with Crippen molar-refractivity contribution in [3.63, 3.8) is 0 Å². The lowest BCUT2D eigenvalue weighted by Gasteiger charge is -2.33. The van der Waals surface area contributed by atoms with Gasteiger partial charge in [0.05, 0.1) is 13.1 Å². The third-order valence-corrected chi connectivity index (χ3v) is 14.2. The number of rotatable bonds is 28. The van der Waals surface area contributed by atoms with E-state index in [4.69, 9.17) is 34.4 Å². The van der Waals surface area contributed by atoms with E-state index in [2.05, 4.69) is 36.6 Å². The number of amides is 10. The normalized spacial score (nSPS) is 21.0. The minimum atomic E-state index is -1.43. The first-order chi connectivity index (χ1) is 36.1. The number of aliphatic imine (C=N–C) groups is 2. The van der Waals surface area contributed by atoms with Crippen molar-refractivity contribution in [3.8, 4) is 0 Å². The van der Waals surface area contributed by atoms with E-state index in [-0.39, 0.29) is 103 Å². The van der Waals surface area contributed by atoms with Gasteiger partial charge in [-0.25, -0.2) is 4.79 Å². The van der Waals surface area contributed by atoms with Crippen LogP contribution in [0, 0.1) is 5.92 Å². The molecular weight excluding hydrogens is 995 g/mol. The van der Waals surface area contributed by atoms with Crippen molar-refractivity contribution in [2.75, 3.05) is 52.4 Å². The first-order valence-electron chi connectivity index (χ1n) is 26.1. The Morgan fingerprint density at radius 2 is 1.08 bits per heavy atom. The fourth-order valence-electron chi connectivity index (χ4n) is 10.00. The van der Waals surface area contributed by atoms with Crippen molar-refractivity contribution >= 4 is 77.0 Å². The summed E-state index contributed by atoms with van der Waals surface area (Å²) in [6.45, 7) is 3.79. The Morgan fingerprint density at radius 1 is 0.592 bits per heavy atom. The topological polar surface area (TPSA) is 462 Å². The summed E-state index contributed by atoms with van der Waals surface area (Å²) in [5.74, 6) is -8.43. The van der Waals surface area contributed by atoms with Gasteiger partial charge in [0.1, 0.15) is 48.3 Å². The quantitative estimate of drug-likeness (QED) is 0.0198. The molecule has 0 unspecified atom stereocenters. The average Bonchev–Trinajstić information content (AvgIpc) is 4.24. The van der Waals surface area contributed by atoms with Crippen LogP contribution in [0.5, 0.6) is 0 Å². The summed E-state index contributed by atoms with van der Waals surface area (Å²) in [7, 11) is 0. The molecule has 4 saturated heterocycles. The largest absolute Gasteiger partial charge is 0.480 e. The number of guanidine groups is 2. The molecule has 0 aromatic carbocycles. The molecule has 0 spiro atoms. The van der Waals surface area contributed by atoms with E-state index >= 15 is 0 Å². The lowest BCUT2D eigenvalue weighted by atomic mass is 9.96. The second-order valence-electron chi connectivity index (χ2n) is 19.6. The Bertz CT molecular complexity index is 2190. The number of carboxylic acid groups (broad SMARTS) is 1. The molecule has 9 atom stereocenters. The van der Waals surface area contributed by atoms with Crippen LogP contribution >= 0.6 is 0 Å². The third kappa shape index (κ3) is 17.4. The van der Waals surface area contributed by atoms with E-state index in [1.165, 1.54) is 19.6 Å². The fourth-order valence-corrected chi connectivity index (χ4v) is 10.00. The SMILES string of the molecule is CC[C@H](C)[C@H](NC(=O)[C@@H]1CCCN1C(=O)[C@@H]1CCCN1C(=O)CNC(=O)[C@@H]1CCCN1C(=O)[C@@H]1CCCN1C(=O)[C@H](CCCN=C(N)N)NC(=O)CN)C(=O)N[C@@H](CCC(N)=O)C(=O)N[C@@H](CCCN=C(N)N)C(=O)O. The highest BCUT2D eigenvalue weighted by Crippen LogP contribution is 2.28. The van der Waals surface area contributed by atoms with Gasteiger partial charge in [0.2, 0.25) is 59.1 Å². The zero-order valence-electron chi connectivity index (χ0n) is 43.5. The standard InChI is InChI=1S/C47H79N17O12/c1-3-26(2)37(41(71)58-27(16-17-34(49)65)38(68)59-29(45(75)76)11-5-19-55-47(52)53)60-40(70)31-13-7-22-63(31)43(73)32-14-8-20-61(32)36(67)25-56-39(69)30-12-6-21-62(30)44(74)33-15-9-23-64(33)42(72)28(57-35(66)24-48)10-4-18-54-46(50)51/h26-33,37H,3-25,48H2,1-2H3,(H2,49,65)(H,56,69)(H,57,66)(H,58,71)(H,59,68)(H,60,70)(H,75,76)(H4,50,51,54)(H4,52,53,55)/t26-,27-,28-,29-,30-,31-,32-,33-,37-/m0/s1. The van der Waals surface area contributed by atoms with Gasteiger partial charge in [-0.2, -0.15) is 0 Å². The molecule has 0 saturated carbocycles. The van der Waals surface area contributed by atoms with Gasteiger partial charge in [-0.15, -0.1) is 0 Å². The number of aliphatic carboxylic acids is 1. The van der Waals surface area contributed by atoms with E-state index in [1.807, 2.05) is 0 Å². The summed E-state index contributed by atoms with van der Waals surface area (Å²) < 4.78 is 0. The molecule has 0 radical (unpaired) electrons. The van der Waals surface area contributed by atoms with Crippen molar-refractivity contribution in [1.29, 1.82) is 0 Å². The Labute approximate surface area is 441 Å². The molecule has 4 rings (SSSR count). The first-order valence-corrected chi connectivity index (χ1v) is 26.1. The molecule has 424 valence electrons. The number of nitrogens with zero attached hydrogens (tertiary/aromatic N) is 6. The number of carbonyl (C=O) groups excluding carboxylic acids is 10. The number of primary amides is 1. The molecule has 10 amide bonds. The van der Waals surface area contributed by atoms with Crippen molar-refractivity contribution in [3.05, 3.63) is 0 Å². The average molecular weight is 1070 g/mol. The third-order valence-electron chi connectivity index (χ3n) is 14.2. The molecular formula is C47H79N17O12. The van der Waals surface area contributed by atoms with Crippen molar-refractivity contribution in [2.45, 2.75) is 158 Å². The van der Waals surface area contributed by atoms with Gasteiger partial charge in [0.15, 0.2) is 11.9 Å². The van der Waals surface area contributed by atoms with E-state index in [9.17, 15) is 57.8 Å². The van der Waals surface area contributed by atoms with Crippen molar-refractivity contribution in [1.82, 2.24) is 46.2 Å². The molecule has 4 aliphatic heterocycles. The second-order valence-corrected chi connectivity index (χ2v) is 19.6. The number of carboxylic acids is 1. The van der Waals surface area contributed by atoms with Crippen LogP contribution < -0.4 is 61.0 Å². The number of carbonyl (C=O) groups is 11. The lowest BCUT2D eigenvalue weighted by Crippen LogP contribution is -2.60. The molecule has 0 aliphatic carbocycles. The molecule has 4 fully saturated rings. The van der Waals surface area contributed by atoms with Crippen molar-refractivity contribution < 1.29 is 57.8 Å². The molecule has 4 aliphatic rings. The van der Waals surface area contributed by atoms with Crippen LogP contribution in [0.2, 0.25) is 0 Å². The van der Waals surface area contributed by atoms with Crippen LogP contribution in [0.25, 0.3) is 0 Å². The lowest BCUT2D eigenvalue weighted by molar-refractivity contribution is -0.148. The van der Waals surface area contributed by atoms with Crippen LogP contribution in [-0.2, 0) is 52.7 Å². The first kappa shape index (κ1) is 61.2. The smallest absolute Gasteiger partial charge is 0.326 e. The fraction of sp³-hybridized carbons (Fsp3) is 0.723. The van der Waals surface area contributed by atoms with Crippen LogP contribution in [0.4, 0.5) is 0 Å². The summed E-state index contributed by atoms with van der Waals surface area (Å²) >= 11 is 0. The molecule has 0 bridgehead atoms. The van der Waals surface area contributed by atoms with Gasteiger partial charge >= 0.3 is 5.97 Å². The maximum atomic E-state index is 14.3. The Hall–Kier alpha value is -7.33. The molecule has 29 nitrogen and oxygen atoms in total. The summed E-state index contributed by atoms with van der Waals surface area (Å²) in [5.41, 5.74) is 32.4. The highest BCUT2D eigenvalue weighted by molar-refractivity contribution is 5.98. The molecule has 4 heterocycles. The van der Waals surface area contributed by atoms with Gasteiger partial charge in [-0.3, -0.25) is 57.9 Å². The predicted octanol–water partition coefficient (Wildman–Crippen LogP) is -5.53. The van der Waals surface area contributed by atoms with E-state index in [0.717, 1.165) is 0 Å². The summed E-state index contributed by atoms with van der Waals surface area (Å²) in [4.78, 5) is 161. The van der Waals surface area contributed by atoms with Crippen LogP contribution in [-0.4, -0.2) is 202 Å². The Morgan fingerprint density at radius 3 is 1.59 bits per heavy atom. The van der Waals surface area contributed by atoms with Gasteiger partial charge in [-0.05, 0) is 89.4 Å². The summed E-state index contributed by atoms with van der Waals surface area (Å²) in [6, 6.07) is -8.88. The van der Waals surface area contributed by atoms with E-state index in [0.29, 0.717) is 51.4 Å². The van der Waals surface area contributed by atoms with Crippen LogP contribution in [0.15, 0.2) is 9.98 Å². The maximum Gasteiger partial charge on any atom is 0.326 e. The number of nitrogens with two attached hydrogens (primary N) is 6. The Balaban J connectivity index is 1.38. The van der Waals surface area contributed by atoms with Gasteiger partial charge < -0.3 is 85.7 Å². The number of hydrogen-bond donors (Lipinski definition) is 12. The summed E-state index contributed by atoms with van der Waals surface area (Å²) in [5, 5.41) is 22.8. The predicted molar refractivity (Wildman–Crippen MR) is 274 cm³/mol. The minimum absolute atomic E-state index is 0.0657. The number of hydrogen-bond acceptors (Lipinski definition) is 14. The van der Waals surface area contributed by atoms with Gasteiger partial charge in [0.25, 0.3) is 0 Å². The zero-order chi connectivity index (χ0) is 56.2. The van der Waals surface area contributed by atoms with Crippen LogP contribution in [0.1, 0.15) is 110 Å². The highest BCUT2D eigenvalue weighted by Gasteiger charge is 2.46. The zero-order valence-corrected chi connectivity index (χ0v) is 43.5. The second kappa shape index (κ2) is 29.7. The minimum Gasteiger partial charge on any atom is -0.480 e. The Kier molecular flexibility index (Phi) is 23.9. The number of nitrogens with one attached hydrogen (secondary N) is 5. The van der Waals surface area contributed by atoms with Gasteiger partial charge in [0, 0.05) is 45.7 Å². The monoisotopic (exact) mass is 1070 g/mol. The highest BCUT2D eigenvalue weighted by atomic mass is 16.4. The van der Waals surface area contributed by atoms with Crippen LogP contribution in [0.3, 0.4) is 0 Å². The molecule has 29 heteroatoms. The van der Waals surface area contributed by atoms with Gasteiger partial charge in [-0.1, -0.05) is 20.3 Å².